The van der Waals surface area contributed by atoms with E-state index in [4.69, 9.17) is 27.8 Å². The number of rotatable bonds is 16. The van der Waals surface area contributed by atoms with Crippen molar-refractivity contribution >= 4 is 32.4 Å². The summed E-state index contributed by atoms with van der Waals surface area (Å²) >= 11 is 0. The molecule has 1 aliphatic rings. The molecular formula is C37H66O9SSi2. The fraction of sp³-hybridized carbons (Fsp3) is 0.757. The van der Waals surface area contributed by atoms with Gasteiger partial charge in [0.05, 0.1) is 48.6 Å². The first kappa shape index (κ1) is 43.8. The fourth-order valence-corrected chi connectivity index (χ4v) is 9.88. The summed E-state index contributed by atoms with van der Waals surface area (Å²) in [4.78, 5) is 12.8. The highest BCUT2D eigenvalue weighted by molar-refractivity contribution is 7.91. The maximum atomic E-state index is 13.3. The molecular weight excluding hydrogens is 677 g/mol. The van der Waals surface area contributed by atoms with Crippen molar-refractivity contribution in [3.8, 4) is 0 Å². The minimum Gasteiger partial charge on any atom is -0.469 e. The standard InChI is InChI=1S/C37H66O9SSi2/c1-27-32(26-33(38)42-10)44-37(43-11,28(2)34(27)46-49(14,15)36(6,7)8)24-19-22-30(41-9)31(45-48(12,13)35(3,4)5)23-25-47(39,40)29-20-17-16-18-21-29/h16-21,24,27-28,30-32,34H,22-23,25-26H2,1-15H3/b24-19-/t27-,28+,30-,31-,32+,34-,37-/m0/s1. The molecule has 0 saturated carbocycles. The van der Waals surface area contributed by atoms with Crippen molar-refractivity contribution in [2.75, 3.05) is 27.1 Å². The number of benzene rings is 1. The third kappa shape index (κ3) is 11.1. The van der Waals surface area contributed by atoms with Crippen LogP contribution in [0.2, 0.25) is 36.3 Å². The normalized spacial score (nSPS) is 25.7. The van der Waals surface area contributed by atoms with E-state index >= 15 is 0 Å². The van der Waals surface area contributed by atoms with E-state index in [0.717, 1.165) is 0 Å². The number of ether oxygens (including phenoxy) is 4. The van der Waals surface area contributed by atoms with Crippen molar-refractivity contribution in [2.24, 2.45) is 11.8 Å². The quantitative estimate of drug-likeness (QED) is 0.0942. The van der Waals surface area contributed by atoms with E-state index in [9.17, 15) is 13.2 Å². The van der Waals surface area contributed by atoms with Gasteiger partial charge in [0.1, 0.15) is 0 Å². The van der Waals surface area contributed by atoms with Crippen LogP contribution in [0.4, 0.5) is 0 Å². The molecule has 1 aliphatic heterocycles. The second-order valence-corrected chi connectivity index (χ2v) is 28.2. The topological polar surface area (TPSA) is 107 Å². The lowest BCUT2D eigenvalue weighted by atomic mass is 9.79. The Morgan fingerprint density at radius 2 is 1.51 bits per heavy atom. The molecule has 12 heteroatoms. The maximum absolute atomic E-state index is 13.3. The Balaban J connectivity index is 2.48. The van der Waals surface area contributed by atoms with Crippen molar-refractivity contribution in [2.45, 2.75) is 146 Å². The van der Waals surface area contributed by atoms with Gasteiger partial charge < -0.3 is 27.8 Å². The number of sulfone groups is 1. The Morgan fingerprint density at radius 3 is 2.00 bits per heavy atom. The molecule has 0 unspecified atom stereocenters. The number of hydrogen-bond donors (Lipinski definition) is 0. The first-order valence-corrected chi connectivity index (χ1v) is 25.0. The van der Waals surface area contributed by atoms with Crippen LogP contribution in [0.3, 0.4) is 0 Å². The summed E-state index contributed by atoms with van der Waals surface area (Å²) in [6, 6.07) is 8.53. The van der Waals surface area contributed by atoms with Gasteiger partial charge in [0.25, 0.3) is 0 Å². The lowest BCUT2D eigenvalue weighted by Crippen LogP contribution is -2.61. The molecule has 49 heavy (non-hydrogen) atoms. The van der Waals surface area contributed by atoms with E-state index in [1.165, 1.54) is 7.11 Å². The van der Waals surface area contributed by atoms with Crippen LogP contribution in [-0.4, -0.2) is 88.3 Å². The summed E-state index contributed by atoms with van der Waals surface area (Å²) in [5.74, 6) is -1.93. The fourth-order valence-electron chi connectivity index (χ4n) is 5.70. The van der Waals surface area contributed by atoms with Gasteiger partial charge in [-0.1, -0.05) is 79.7 Å². The molecule has 1 fully saturated rings. The van der Waals surface area contributed by atoms with Gasteiger partial charge in [0.15, 0.2) is 32.3 Å². The minimum atomic E-state index is -3.53. The van der Waals surface area contributed by atoms with E-state index in [0.29, 0.717) is 11.3 Å². The molecule has 0 spiro atoms. The lowest BCUT2D eigenvalue weighted by Gasteiger charge is -2.53. The number of esters is 1. The largest absolute Gasteiger partial charge is 0.469 e. The summed E-state index contributed by atoms with van der Waals surface area (Å²) in [6.07, 6.45) is 2.99. The summed E-state index contributed by atoms with van der Waals surface area (Å²) in [5, 5.41) is -0.110. The average molecular weight is 743 g/mol. The molecule has 1 aromatic rings. The third-order valence-corrected chi connectivity index (χ3v) is 21.9. The van der Waals surface area contributed by atoms with Crippen LogP contribution in [0.5, 0.6) is 0 Å². The molecule has 1 saturated heterocycles. The van der Waals surface area contributed by atoms with Crippen molar-refractivity contribution in [1.29, 1.82) is 0 Å². The summed E-state index contributed by atoms with van der Waals surface area (Å²) in [6.45, 7) is 26.0. The lowest BCUT2D eigenvalue weighted by molar-refractivity contribution is -0.299. The van der Waals surface area contributed by atoms with Crippen molar-refractivity contribution in [3.05, 3.63) is 42.5 Å². The van der Waals surface area contributed by atoms with Gasteiger partial charge in [-0.05, 0) is 67.3 Å². The van der Waals surface area contributed by atoms with Crippen LogP contribution >= 0.6 is 0 Å². The van der Waals surface area contributed by atoms with Crippen molar-refractivity contribution in [3.63, 3.8) is 0 Å². The Kier molecular flexibility index (Phi) is 15.2. The van der Waals surface area contributed by atoms with Crippen molar-refractivity contribution in [1.82, 2.24) is 0 Å². The van der Waals surface area contributed by atoms with Crippen LogP contribution in [0.1, 0.15) is 74.7 Å². The van der Waals surface area contributed by atoms with E-state index in [1.807, 2.05) is 12.2 Å². The minimum absolute atomic E-state index is 0.0208. The van der Waals surface area contributed by atoms with E-state index in [-0.39, 0.29) is 52.6 Å². The molecule has 7 atom stereocenters. The zero-order valence-electron chi connectivity index (χ0n) is 32.9. The third-order valence-electron chi connectivity index (χ3n) is 11.2. The molecule has 0 aliphatic carbocycles. The highest BCUT2D eigenvalue weighted by Gasteiger charge is 2.54. The Bertz CT molecular complexity index is 1340. The zero-order valence-corrected chi connectivity index (χ0v) is 35.7. The van der Waals surface area contributed by atoms with E-state index < -0.39 is 50.6 Å². The van der Waals surface area contributed by atoms with Gasteiger partial charge in [-0.3, -0.25) is 4.79 Å². The predicted molar refractivity (Wildman–Crippen MR) is 201 cm³/mol. The monoisotopic (exact) mass is 742 g/mol. The van der Waals surface area contributed by atoms with Gasteiger partial charge >= 0.3 is 5.97 Å². The first-order chi connectivity index (χ1) is 22.4. The van der Waals surface area contributed by atoms with Gasteiger partial charge in [-0.2, -0.15) is 0 Å². The van der Waals surface area contributed by atoms with Crippen LogP contribution in [0.25, 0.3) is 0 Å². The smallest absolute Gasteiger partial charge is 0.308 e. The summed E-state index contributed by atoms with van der Waals surface area (Å²) < 4.78 is 64.5. The Hall–Kier alpha value is -1.39. The molecule has 0 amide bonds. The molecule has 1 aromatic carbocycles. The molecule has 0 bridgehead atoms. The molecule has 0 N–H and O–H groups in total. The highest BCUT2D eigenvalue weighted by atomic mass is 32.2. The second-order valence-electron chi connectivity index (χ2n) is 16.6. The molecule has 282 valence electrons. The maximum Gasteiger partial charge on any atom is 0.308 e. The van der Waals surface area contributed by atoms with Gasteiger partial charge in [0.2, 0.25) is 0 Å². The van der Waals surface area contributed by atoms with Gasteiger partial charge in [-0.25, -0.2) is 8.42 Å². The molecule has 1 heterocycles. The average Bonchev–Trinajstić information content (AvgIpc) is 3.01. The van der Waals surface area contributed by atoms with E-state index in [1.54, 1.807) is 44.6 Å². The predicted octanol–water partition coefficient (Wildman–Crippen LogP) is 8.17. The molecule has 0 aromatic heterocycles. The number of methoxy groups -OCH3 is 3. The van der Waals surface area contributed by atoms with Gasteiger partial charge in [-0.15, -0.1) is 0 Å². The van der Waals surface area contributed by atoms with Crippen molar-refractivity contribution < 1.29 is 41.0 Å². The van der Waals surface area contributed by atoms with Crippen LogP contribution in [-0.2, 0) is 42.4 Å². The molecule has 0 radical (unpaired) electrons. The van der Waals surface area contributed by atoms with Crippen LogP contribution < -0.4 is 0 Å². The highest BCUT2D eigenvalue weighted by Crippen LogP contribution is 2.46. The summed E-state index contributed by atoms with van der Waals surface area (Å²) in [5.41, 5.74) is 0. The number of carbonyl (C=O) groups excluding carboxylic acids is 1. The summed E-state index contributed by atoms with van der Waals surface area (Å²) in [7, 11) is -3.44. The van der Waals surface area contributed by atoms with Crippen LogP contribution in [0, 0.1) is 11.8 Å². The SMILES string of the molecule is COC(=O)C[C@H]1O[C@](/C=C\C[C@H](OC)[C@H](CCS(=O)(=O)c2ccccc2)O[Si](C)(C)C(C)(C)C)(OC)[C@H](C)[C@@H](O[Si](C)(C)C(C)(C)C)[C@H]1C. The Morgan fingerprint density at radius 1 is 0.939 bits per heavy atom. The number of carbonyl (C=O) groups is 1. The first-order valence-electron chi connectivity index (χ1n) is 17.5. The van der Waals surface area contributed by atoms with E-state index in [2.05, 4.69) is 81.6 Å². The Labute approximate surface area is 300 Å². The molecule has 9 nitrogen and oxygen atoms in total. The number of hydrogen-bond acceptors (Lipinski definition) is 9. The molecule has 2 rings (SSSR count). The van der Waals surface area contributed by atoms with Gasteiger partial charge in [0, 0.05) is 26.1 Å². The second kappa shape index (κ2) is 17.0. The zero-order chi connectivity index (χ0) is 37.6. The van der Waals surface area contributed by atoms with Crippen LogP contribution in [0.15, 0.2) is 47.4 Å².